The second-order valence-corrected chi connectivity index (χ2v) is 4.49. The Bertz CT molecular complexity index is 776. The van der Waals surface area contributed by atoms with Crippen molar-refractivity contribution in [2.45, 2.75) is 26.7 Å². The summed E-state index contributed by atoms with van der Waals surface area (Å²) in [5.74, 6) is 0.663. The summed E-state index contributed by atoms with van der Waals surface area (Å²) in [5.41, 5.74) is 2.67. The maximum atomic E-state index is 11.8. The summed E-state index contributed by atoms with van der Waals surface area (Å²) in [6.07, 6.45) is 1.67. The number of fused-ring (bicyclic) bond motifs is 2. The van der Waals surface area contributed by atoms with Crippen molar-refractivity contribution in [1.29, 1.82) is 0 Å². The quantitative estimate of drug-likeness (QED) is 0.705. The van der Waals surface area contributed by atoms with Crippen LogP contribution in [-0.2, 0) is 6.42 Å². The third kappa shape index (κ3) is 1.87. The van der Waals surface area contributed by atoms with E-state index in [0.29, 0.717) is 11.3 Å². The summed E-state index contributed by atoms with van der Waals surface area (Å²) >= 11 is 0. The van der Waals surface area contributed by atoms with Crippen LogP contribution in [-0.4, -0.2) is 25.4 Å². The fraction of sp³-hybridized carbons (Fsp3) is 0.286. The number of hydrogen-bond acceptors (Lipinski definition) is 4. The summed E-state index contributed by atoms with van der Waals surface area (Å²) in [4.78, 5) is 25.2. The molecule has 2 heterocycles. The summed E-state index contributed by atoms with van der Waals surface area (Å²) < 4.78 is 1.57. The van der Waals surface area contributed by atoms with Crippen molar-refractivity contribution in [3.05, 3.63) is 30.1 Å². The Balaban J connectivity index is 2.37. The Morgan fingerprint density at radius 3 is 2.47 bits per heavy atom. The number of hydrogen-bond donors (Lipinski definition) is 0. The van der Waals surface area contributed by atoms with Crippen LogP contribution in [0, 0.1) is 0 Å². The molecule has 0 bridgehead atoms. The number of aryl methyl sites for hydroxylation is 1. The Kier molecular flexibility index (Phi) is 2.74. The van der Waals surface area contributed by atoms with Crippen molar-refractivity contribution in [3.63, 3.8) is 0 Å². The van der Waals surface area contributed by atoms with Crippen molar-refractivity contribution < 1.29 is 4.79 Å². The maximum absolute atomic E-state index is 11.8. The van der Waals surface area contributed by atoms with Gasteiger partial charge in [-0.25, -0.2) is 19.5 Å². The van der Waals surface area contributed by atoms with Gasteiger partial charge in [0, 0.05) is 13.3 Å². The monoisotopic (exact) mass is 254 g/mol. The van der Waals surface area contributed by atoms with Gasteiger partial charge in [0.25, 0.3) is 0 Å². The van der Waals surface area contributed by atoms with E-state index in [1.807, 2.05) is 24.3 Å². The standard InChI is InChI=1S/C14H14N4O/c1-3-6-12-17-13-14(18(12)9(2)19)16-11-8-5-4-7-10(11)15-13/h4-5,7-8H,3,6H2,1-2H3. The van der Waals surface area contributed by atoms with E-state index >= 15 is 0 Å². The molecule has 0 aliphatic carbocycles. The van der Waals surface area contributed by atoms with E-state index in [9.17, 15) is 4.79 Å². The minimum atomic E-state index is -0.0736. The minimum absolute atomic E-state index is 0.0736. The topological polar surface area (TPSA) is 60.7 Å². The van der Waals surface area contributed by atoms with Gasteiger partial charge in [-0.3, -0.25) is 4.79 Å². The van der Waals surface area contributed by atoms with E-state index in [0.717, 1.165) is 29.7 Å². The van der Waals surface area contributed by atoms with Gasteiger partial charge >= 0.3 is 0 Å². The molecule has 0 saturated carbocycles. The van der Waals surface area contributed by atoms with Crippen LogP contribution in [0.25, 0.3) is 22.3 Å². The number of carbonyl (C=O) groups excluding carboxylic acids is 1. The molecule has 3 aromatic rings. The molecule has 0 saturated heterocycles. The third-order valence-electron chi connectivity index (χ3n) is 3.03. The van der Waals surface area contributed by atoms with E-state index in [1.165, 1.54) is 6.92 Å². The average Bonchev–Trinajstić information content (AvgIpc) is 2.73. The summed E-state index contributed by atoms with van der Waals surface area (Å²) in [5, 5.41) is 0. The van der Waals surface area contributed by atoms with Gasteiger partial charge in [-0.15, -0.1) is 0 Å². The van der Waals surface area contributed by atoms with Crippen molar-refractivity contribution in [1.82, 2.24) is 19.5 Å². The van der Waals surface area contributed by atoms with E-state index < -0.39 is 0 Å². The van der Waals surface area contributed by atoms with E-state index in [2.05, 4.69) is 21.9 Å². The molecule has 0 spiro atoms. The highest BCUT2D eigenvalue weighted by atomic mass is 16.1. The molecule has 3 rings (SSSR count). The van der Waals surface area contributed by atoms with Gasteiger partial charge in [0.2, 0.25) is 5.91 Å². The Labute approximate surface area is 110 Å². The highest BCUT2D eigenvalue weighted by Crippen LogP contribution is 2.18. The molecule has 0 radical (unpaired) electrons. The Morgan fingerprint density at radius 2 is 1.84 bits per heavy atom. The molecule has 0 aliphatic rings. The van der Waals surface area contributed by atoms with E-state index in [4.69, 9.17) is 0 Å². The maximum Gasteiger partial charge on any atom is 0.230 e. The molecule has 0 aliphatic heterocycles. The number of imidazole rings is 1. The lowest BCUT2D eigenvalue weighted by atomic mass is 10.3. The first-order valence-electron chi connectivity index (χ1n) is 6.35. The molecule has 19 heavy (non-hydrogen) atoms. The molecule has 0 N–H and O–H groups in total. The number of para-hydroxylation sites is 2. The zero-order chi connectivity index (χ0) is 13.4. The number of aromatic nitrogens is 4. The van der Waals surface area contributed by atoms with E-state index in [-0.39, 0.29) is 5.91 Å². The number of nitrogens with zero attached hydrogens (tertiary/aromatic N) is 4. The van der Waals surface area contributed by atoms with Crippen molar-refractivity contribution in [2.75, 3.05) is 0 Å². The molecule has 0 atom stereocenters. The third-order valence-corrected chi connectivity index (χ3v) is 3.03. The summed E-state index contributed by atoms with van der Waals surface area (Å²) in [7, 11) is 0. The lowest BCUT2D eigenvalue weighted by molar-refractivity contribution is 0.0937. The molecular formula is C14H14N4O. The Morgan fingerprint density at radius 1 is 1.16 bits per heavy atom. The average molecular weight is 254 g/mol. The summed E-state index contributed by atoms with van der Waals surface area (Å²) in [6.45, 7) is 3.58. The smallest absolute Gasteiger partial charge is 0.230 e. The van der Waals surface area contributed by atoms with Crippen molar-refractivity contribution >= 4 is 28.2 Å². The van der Waals surface area contributed by atoms with Gasteiger partial charge < -0.3 is 0 Å². The largest absolute Gasteiger partial charge is 0.274 e. The van der Waals surface area contributed by atoms with E-state index in [1.54, 1.807) is 4.57 Å². The molecule has 5 heteroatoms. The molecule has 0 unspecified atom stereocenters. The fourth-order valence-electron chi connectivity index (χ4n) is 2.22. The van der Waals surface area contributed by atoms with Crippen LogP contribution < -0.4 is 0 Å². The Hall–Kier alpha value is -2.30. The van der Waals surface area contributed by atoms with Gasteiger partial charge in [-0.2, -0.15) is 0 Å². The highest BCUT2D eigenvalue weighted by molar-refractivity contribution is 5.90. The zero-order valence-corrected chi connectivity index (χ0v) is 10.9. The van der Waals surface area contributed by atoms with Crippen LogP contribution >= 0.6 is 0 Å². The molecular weight excluding hydrogens is 240 g/mol. The first kappa shape index (κ1) is 11.8. The molecule has 0 amide bonds. The predicted molar refractivity (Wildman–Crippen MR) is 73.1 cm³/mol. The van der Waals surface area contributed by atoms with Crippen LogP contribution in [0.3, 0.4) is 0 Å². The van der Waals surface area contributed by atoms with Crippen LogP contribution in [0.2, 0.25) is 0 Å². The van der Waals surface area contributed by atoms with Gasteiger partial charge in [-0.1, -0.05) is 19.1 Å². The molecule has 96 valence electrons. The van der Waals surface area contributed by atoms with Gasteiger partial charge in [0.1, 0.15) is 5.82 Å². The second kappa shape index (κ2) is 4.42. The lowest BCUT2D eigenvalue weighted by Gasteiger charge is -2.02. The van der Waals surface area contributed by atoms with Gasteiger partial charge in [-0.05, 0) is 18.6 Å². The lowest BCUT2D eigenvalue weighted by Crippen LogP contribution is -2.10. The first-order chi connectivity index (χ1) is 9.20. The van der Waals surface area contributed by atoms with Crippen LogP contribution in [0.1, 0.15) is 30.9 Å². The van der Waals surface area contributed by atoms with Crippen LogP contribution in [0.5, 0.6) is 0 Å². The van der Waals surface area contributed by atoms with Crippen molar-refractivity contribution in [2.24, 2.45) is 0 Å². The minimum Gasteiger partial charge on any atom is -0.274 e. The van der Waals surface area contributed by atoms with Gasteiger partial charge in [0.15, 0.2) is 11.3 Å². The zero-order valence-electron chi connectivity index (χ0n) is 10.9. The number of benzene rings is 1. The first-order valence-corrected chi connectivity index (χ1v) is 6.35. The highest BCUT2D eigenvalue weighted by Gasteiger charge is 2.16. The molecule has 5 nitrogen and oxygen atoms in total. The van der Waals surface area contributed by atoms with Crippen molar-refractivity contribution in [3.8, 4) is 0 Å². The molecule has 0 fully saturated rings. The van der Waals surface area contributed by atoms with Gasteiger partial charge in [0.05, 0.1) is 11.0 Å². The SMILES string of the molecule is CCCc1nc2nc3ccccc3nc2n1C(C)=O. The van der Waals surface area contributed by atoms with Crippen LogP contribution in [0.4, 0.5) is 0 Å². The summed E-state index contributed by atoms with van der Waals surface area (Å²) in [6, 6.07) is 7.61. The number of rotatable bonds is 2. The molecule has 2 aromatic heterocycles. The predicted octanol–water partition coefficient (Wildman–Crippen LogP) is 2.59. The second-order valence-electron chi connectivity index (χ2n) is 4.49. The fourth-order valence-corrected chi connectivity index (χ4v) is 2.22. The molecule has 1 aromatic carbocycles. The van der Waals surface area contributed by atoms with Crippen LogP contribution in [0.15, 0.2) is 24.3 Å². The number of carbonyl (C=O) groups is 1. The normalized spacial score (nSPS) is 11.3.